The van der Waals surface area contributed by atoms with E-state index in [9.17, 15) is 4.39 Å². The topological polar surface area (TPSA) is 58.3 Å². The van der Waals surface area contributed by atoms with Gasteiger partial charge in [0.15, 0.2) is 0 Å². The van der Waals surface area contributed by atoms with Crippen molar-refractivity contribution in [3.63, 3.8) is 0 Å². The lowest BCUT2D eigenvalue weighted by molar-refractivity contribution is 0.423. The summed E-state index contributed by atoms with van der Waals surface area (Å²) in [6.45, 7) is 0. The highest BCUT2D eigenvalue weighted by Gasteiger charge is 2.18. The number of hydrogen-bond acceptors (Lipinski definition) is 3. The molecular weight excluding hydrogens is 186 g/mol. The molecule has 0 aliphatic heterocycles. The first kappa shape index (κ1) is 9.17. The van der Waals surface area contributed by atoms with Gasteiger partial charge in [-0.15, -0.1) is 0 Å². The number of halogens is 1. The van der Waals surface area contributed by atoms with Gasteiger partial charge < -0.3 is 10.0 Å². The number of hydrogen-bond donors (Lipinski definition) is 2. The van der Waals surface area contributed by atoms with Gasteiger partial charge in [0.2, 0.25) is 0 Å². The molecule has 14 heavy (non-hydrogen) atoms. The monoisotopic (exact) mass is 194 g/mol. The van der Waals surface area contributed by atoms with Crippen molar-refractivity contribution in [2.45, 2.75) is 0 Å². The number of rotatable bonds is 1. The van der Waals surface area contributed by atoms with E-state index in [1.807, 2.05) is 0 Å². The maximum absolute atomic E-state index is 13.2. The average Bonchev–Trinajstić information content (AvgIpc) is 2.46. The second-order valence-corrected chi connectivity index (χ2v) is 3.07. The molecule has 0 amide bonds. The van der Waals surface area contributed by atoms with E-state index in [0.29, 0.717) is 10.9 Å². The number of nitrogens with zero attached hydrogens (tertiary/aromatic N) is 2. The molecule has 0 aliphatic rings. The molecule has 0 radical (unpaired) electrons. The van der Waals surface area contributed by atoms with E-state index in [1.54, 1.807) is 11.7 Å². The van der Waals surface area contributed by atoms with Crippen LogP contribution >= 0.6 is 0 Å². The predicted molar refractivity (Wildman–Crippen MR) is 50.5 cm³/mol. The van der Waals surface area contributed by atoms with Gasteiger partial charge in [0.05, 0.1) is 11.7 Å². The van der Waals surface area contributed by atoms with E-state index >= 15 is 0 Å². The van der Waals surface area contributed by atoms with Gasteiger partial charge in [-0.05, 0) is 12.1 Å². The third kappa shape index (κ3) is 1.28. The molecule has 0 atom stereocenters. The lowest BCUT2D eigenvalue weighted by Gasteiger charge is -2.02. The molecule has 1 heterocycles. The molecule has 2 aromatic rings. The first-order valence-corrected chi connectivity index (χ1v) is 4.07. The molecule has 0 fully saturated rings. The summed E-state index contributed by atoms with van der Waals surface area (Å²) in [7, 11) is -0.0948. The highest BCUT2D eigenvalue weighted by atomic mass is 19.1. The van der Waals surface area contributed by atoms with E-state index < -0.39 is 12.9 Å². The fourth-order valence-corrected chi connectivity index (χ4v) is 1.39. The van der Waals surface area contributed by atoms with Crippen molar-refractivity contribution in [3.05, 3.63) is 24.1 Å². The Morgan fingerprint density at radius 1 is 1.43 bits per heavy atom. The zero-order chi connectivity index (χ0) is 10.3. The quantitative estimate of drug-likeness (QED) is 0.595. The Hall–Kier alpha value is -1.40. The Morgan fingerprint density at radius 2 is 2.14 bits per heavy atom. The number of aromatic nitrogens is 2. The summed E-state index contributed by atoms with van der Waals surface area (Å²) in [6, 6.07) is 2.61. The lowest BCUT2D eigenvalue weighted by atomic mass is 9.79. The van der Waals surface area contributed by atoms with Gasteiger partial charge in [-0.3, -0.25) is 4.68 Å². The lowest BCUT2D eigenvalue weighted by Crippen LogP contribution is -2.32. The van der Waals surface area contributed by atoms with E-state index in [1.165, 1.54) is 18.3 Å². The maximum Gasteiger partial charge on any atom is 0.491 e. The minimum atomic E-state index is -1.80. The standard InChI is InChI=1S/C8H8BFN2O2/c1-12-8-3-6(9(13)14)7(10)2-5(8)4-11-12/h2-4,13-14H,1H3. The summed E-state index contributed by atoms with van der Waals surface area (Å²) < 4.78 is 14.8. The summed E-state index contributed by atoms with van der Waals surface area (Å²) in [5.74, 6) is -0.638. The molecule has 0 bridgehead atoms. The van der Waals surface area contributed by atoms with Crippen LogP contribution in [0.1, 0.15) is 0 Å². The molecule has 0 saturated heterocycles. The van der Waals surface area contributed by atoms with Crippen molar-refractivity contribution in [3.8, 4) is 0 Å². The van der Waals surface area contributed by atoms with Crippen LogP contribution in [-0.4, -0.2) is 26.9 Å². The SMILES string of the molecule is Cn1ncc2cc(F)c(B(O)O)cc21. The van der Waals surface area contributed by atoms with Crippen molar-refractivity contribution in [1.82, 2.24) is 9.78 Å². The zero-order valence-electron chi connectivity index (χ0n) is 7.48. The number of aryl methyl sites for hydroxylation is 1. The van der Waals surface area contributed by atoms with E-state index in [2.05, 4.69) is 5.10 Å². The van der Waals surface area contributed by atoms with Gasteiger partial charge in [-0.1, -0.05) is 0 Å². The summed E-state index contributed by atoms with van der Waals surface area (Å²) in [4.78, 5) is 0. The zero-order valence-corrected chi connectivity index (χ0v) is 7.48. The fraction of sp³-hybridized carbons (Fsp3) is 0.125. The van der Waals surface area contributed by atoms with E-state index in [0.717, 1.165) is 0 Å². The van der Waals surface area contributed by atoms with E-state index in [4.69, 9.17) is 10.0 Å². The van der Waals surface area contributed by atoms with Crippen LogP contribution in [0, 0.1) is 5.82 Å². The first-order valence-electron chi connectivity index (χ1n) is 4.07. The molecule has 0 saturated carbocycles. The van der Waals surface area contributed by atoms with Crippen LogP contribution in [0.25, 0.3) is 10.9 Å². The van der Waals surface area contributed by atoms with Crippen LogP contribution in [-0.2, 0) is 7.05 Å². The average molecular weight is 194 g/mol. The highest BCUT2D eigenvalue weighted by Crippen LogP contribution is 2.12. The highest BCUT2D eigenvalue weighted by molar-refractivity contribution is 6.59. The smallest absolute Gasteiger partial charge is 0.423 e. The summed E-state index contributed by atoms with van der Waals surface area (Å²) in [5, 5.41) is 22.3. The molecule has 1 aromatic heterocycles. The Morgan fingerprint density at radius 3 is 2.79 bits per heavy atom. The van der Waals surface area contributed by atoms with E-state index in [-0.39, 0.29) is 5.46 Å². The van der Waals surface area contributed by atoms with Gasteiger partial charge in [-0.2, -0.15) is 5.10 Å². The van der Waals surface area contributed by atoms with Crippen molar-refractivity contribution in [2.24, 2.45) is 7.05 Å². The van der Waals surface area contributed by atoms with Crippen LogP contribution in [0.4, 0.5) is 4.39 Å². The Balaban J connectivity index is 2.74. The number of fused-ring (bicyclic) bond motifs is 1. The first-order chi connectivity index (χ1) is 6.59. The summed E-state index contributed by atoms with van der Waals surface area (Å²) in [5.41, 5.74) is 0.524. The Bertz CT molecular complexity index is 483. The van der Waals surface area contributed by atoms with Gasteiger partial charge in [0.1, 0.15) is 5.82 Å². The maximum atomic E-state index is 13.2. The molecule has 6 heteroatoms. The number of benzene rings is 1. The fourth-order valence-electron chi connectivity index (χ4n) is 1.39. The second kappa shape index (κ2) is 3.07. The molecule has 72 valence electrons. The molecule has 4 nitrogen and oxygen atoms in total. The molecule has 2 N–H and O–H groups in total. The Labute approximate surface area is 79.7 Å². The molecule has 0 aliphatic carbocycles. The minimum Gasteiger partial charge on any atom is -0.423 e. The van der Waals surface area contributed by atoms with Crippen LogP contribution < -0.4 is 5.46 Å². The van der Waals surface area contributed by atoms with Crippen LogP contribution in [0.5, 0.6) is 0 Å². The van der Waals surface area contributed by atoms with Gasteiger partial charge in [0, 0.05) is 17.9 Å². The summed E-state index contributed by atoms with van der Waals surface area (Å²) in [6.07, 6.45) is 1.52. The van der Waals surface area contributed by atoms with Crippen LogP contribution in [0.2, 0.25) is 0 Å². The van der Waals surface area contributed by atoms with Crippen LogP contribution in [0.3, 0.4) is 0 Å². The normalized spacial score (nSPS) is 10.9. The second-order valence-electron chi connectivity index (χ2n) is 3.07. The third-order valence-electron chi connectivity index (χ3n) is 2.14. The van der Waals surface area contributed by atoms with Gasteiger partial charge >= 0.3 is 7.12 Å². The van der Waals surface area contributed by atoms with Crippen molar-refractivity contribution < 1.29 is 14.4 Å². The van der Waals surface area contributed by atoms with Crippen molar-refractivity contribution in [2.75, 3.05) is 0 Å². The molecular formula is C8H8BFN2O2. The minimum absolute atomic E-state index is 0.138. The van der Waals surface area contributed by atoms with Gasteiger partial charge in [-0.25, -0.2) is 4.39 Å². The predicted octanol–water partition coefficient (Wildman–Crippen LogP) is -0.608. The molecule has 2 rings (SSSR count). The van der Waals surface area contributed by atoms with Crippen molar-refractivity contribution >= 4 is 23.5 Å². The Kier molecular flexibility index (Phi) is 2.01. The molecule has 1 aromatic carbocycles. The summed E-state index contributed by atoms with van der Waals surface area (Å²) >= 11 is 0. The largest absolute Gasteiger partial charge is 0.491 e. The molecule has 0 spiro atoms. The van der Waals surface area contributed by atoms with Gasteiger partial charge in [0.25, 0.3) is 0 Å². The third-order valence-corrected chi connectivity index (χ3v) is 2.14. The van der Waals surface area contributed by atoms with Crippen molar-refractivity contribution in [1.29, 1.82) is 0 Å². The molecule has 0 unspecified atom stereocenters. The van der Waals surface area contributed by atoms with Crippen LogP contribution in [0.15, 0.2) is 18.3 Å².